The molecule has 14 heavy (non-hydrogen) atoms. The molecule has 0 bridgehead atoms. The van der Waals surface area contributed by atoms with Crippen LogP contribution >= 0.6 is 0 Å². The number of hydrogen-bond donors (Lipinski definition) is 2. The summed E-state index contributed by atoms with van der Waals surface area (Å²) in [6.45, 7) is 0. The van der Waals surface area contributed by atoms with Crippen LogP contribution in [0.3, 0.4) is 0 Å². The second-order valence-corrected chi connectivity index (χ2v) is 3.12. The number of benzene rings is 1. The largest absolute Gasteiger partial charge is 0.508 e. The van der Waals surface area contributed by atoms with Crippen molar-refractivity contribution in [1.82, 2.24) is 9.78 Å². The van der Waals surface area contributed by atoms with Gasteiger partial charge in [-0.05, 0) is 24.3 Å². The Kier molecular flexibility index (Phi) is 1.89. The lowest BCUT2D eigenvalue weighted by molar-refractivity contribution is 0.475. The average Bonchev–Trinajstić information content (AvgIpc) is 2.49. The van der Waals surface area contributed by atoms with Crippen LogP contribution in [0.15, 0.2) is 30.5 Å². The number of rotatable bonds is 1. The summed E-state index contributed by atoms with van der Waals surface area (Å²) in [4.78, 5) is 0. The molecular weight excluding hydrogens is 178 g/mol. The molecule has 72 valence electrons. The Balaban J connectivity index is 2.54. The number of nitrogens with zero attached hydrogens (tertiary/aromatic N) is 2. The van der Waals surface area contributed by atoms with Crippen LogP contribution in [-0.4, -0.2) is 14.9 Å². The molecule has 1 heterocycles. The molecule has 0 saturated heterocycles. The highest BCUT2D eigenvalue weighted by Gasteiger charge is 2.07. The van der Waals surface area contributed by atoms with Crippen molar-refractivity contribution in [2.75, 3.05) is 5.73 Å². The molecule has 0 aliphatic rings. The number of aromatic nitrogens is 2. The highest BCUT2D eigenvalue weighted by Crippen LogP contribution is 2.25. The lowest BCUT2D eigenvalue weighted by Crippen LogP contribution is -1.95. The van der Waals surface area contributed by atoms with Crippen molar-refractivity contribution >= 4 is 5.69 Å². The minimum atomic E-state index is 0.245. The highest BCUT2D eigenvalue weighted by molar-refractivity contribution is 5.72. The van der Waals surface area contributed by atoms with Crippen LogP contribution in [0, 0.1) is 0 Å². The first-order valence-electron chi connectivity index (χ1n) is 4.25. The third-order valence-corrected chi connectivity index (χ3v) is 2.11. The van der Waals surface area contributed by atoms with Gasteiger partial charge in [0.2, 0.25) is 0 Å². The van der Waals surface area contributed by atoms with Gasteiger partial charge in [-0.3, -0.25) is 4.68 Å². The maximum atomic E-state index is 9.14. The quantitative estimate of drug-likeness (QED) is 0.712. The van der Waals surface area contributed by atoms with Crippen molar-refractivity contribution in [3.8, 4) is 17.0 Å². The second kappa shape index (κ2) is 3.06. The maximum absolute atomic E-state index is 9.14. The van der Waals surface area contributed by atoms with Crippen molar-refractivity contribution in [2.45, 2.75) is 0 Å². The fourth-order valence-electron chi connectivity index (χ4n) is 1.43. The topological polar surface area (TPSA) is 64.1 Å². The van der Waals surface area contributed by atoms with Gasteiger partial charge in [0.25, 0.3) is 0 Å². The molecule has 0 spiro atoms. The van der Waals surface area contributed by atoms with Crippen LogP contribution in [0.4, 0.5) is 5.69 Å². The van der Waals surface area contributed by atoms with Crippen LogP contribution in [0.5, 0.6) is 5.75 Å². The van der Waals surface area contributed by atoms with Gasteiger partial charge in [-0.25, -0.2) is 0 Å². The Morgan fingerprint density at radius 3 is 2.43 bits per heavy atom. The molecule has 2 rings (SSSR count). The lowest BCUT2D eigenvalue weighted by Gasteiger charge is -2.03. The first-order chi connectivity index (χ1) is 6.68. The molecule has 4 heteroatoms. The number of nitrogens with two attached hydrogens (primary N) is 1. The van der Waals surface area contributed by atoms with E-state index in [2.05, 4.69) is 5.10 Å². The molecule has 0 aliphatic carbocycles. The number of aromatic hydroxyl groups is 1. The summed E-state index contributed by atoms with van der Waals surface area (Å²) in [5.41, 5.74) is 8.21. The Hall–Kier alpha value is -1.97. The number of anilines is 1. The van der Waals surface area contributed by atoms with Gasteiger partial charge in [-0.15, -0.1) is 0 Å². The molecule has 1 aromatic carbocycles. The predicted molar refractivity (Wildman–Crippen MR) is 54.7 cm³/mol. The molecule has 0 atom stereocenters. The van der Waals surface area contributed by atoms with Crippen LogP contribution in [-0.2, 0) is 7.05 Å². The van der Waals surface area contributed by atoms with E-state index in [4.69, 9.17) is 10.8 Å². The molecule has 0 aliphatic heterocycles. The molecule has 0 fully saturated rings. The summed E-state index contributed by atoms with van der Waals surface area (Å²) in [5, 5.41) is 13.2. The number of phenolic OH excluding ortho intramolecular Hbond substituents is 1. The third-order valence-electron chi connectivity index (χ3n) is 2.11. The van der Waals surface area contributed by atoms with E-state index in [1.807, 2.05) is 19.2 Å². The van der Waals surface area contributed by atoms with E-state index in [0.717, 1.165) is 11.3 Å². The van der Waals surface area contributed by atoms with Gasteiger partial charge in [-0.1, -0.05) is 0 Å². The summed E-state index contributed by atoms with van der Waals surface area (Å²) in [7, 11) is 1.83. The summed E-state index contributed by atoms with van der Waals surface area (Å²) in [6, 6.07) is 6.87. The SMILES string of the molecule is Cn1ncc(N)c1-c1ccc(O)cc1. The predicted octanol–water partition coefficient (Wildman–Crippen LogP) is 1.37. The number of nitrogen functional groups attached to an aromatic ring is 1. The summed E-state index contributed by atoms with van der Waals surface area (Å²) in [6.07, 6.45) is 1.61. The molecule has 0 amide bonds. The molecule has 2 aromatic rings. The zero-order valence-corrected chi connectivity index (χ0v) is 7.81. The minimum absolute atomic E-state index is 0.245. The monoisotopic (exact) mass is 189 g/mol. The fourth-order valence-corrected chi connectivity index (χ4v) is 1.43. The second-order valence-electron chi connectivity index (χ2n) is 3.12. The highest BCUT2D eigenvalue weighted by atomic mass is 16.3. The number of aryl methyl sites for hydroxylation is 1. The molecular formula is C10H11N3O. The van der Waals surface area contributed by atoms with E-state index in [-0.39, 0.29) is 5.75 Å². The van der Waals surface area contributed by atoms with Gasteiger partial charge in [0.1, 0.15) is 5.75 Å². The van der Waals surface area contributed by atoms with Crippen molar-refractivity contribution in [1.29, 1.82) is 0 Å². The van der Waals surface area contributed by atoms with Crippen LogP contribution in [0.25, 0.3) is 11.3 Å². The van der Waals surface area contributed by atoms with Crippen LogP contribution in [0.1, 0.15) is 0 Å². The van der Waals surface area contributed by atoms with E-state index in [1.165, 1.54) is 0 Å². The van der Waals surface area contributed by atoms with E-state index in [1.54, 1.807) is 23.0 Å². The Morgan fingerprint density at radius 2 is 1.93 bits per heavy atom. The lowest BCUT2D eigenvalue weighted by atomic mass is 10.1. The number of phenols is 1. The van der Waals surface area contributed by atoms with E-state index >= 15 is 0 Å². The van der Waals surface area contributed by atoms with E-state index < -0.39 is 0 Å². The first-order valence-corrected chi connectivity index (χ1v) is 4.25. The van der Waals surface area contributed by atoms with Gasteiger partial charge in [0.05, 0.1) is 17.6 Å². The van der Waals surface area contributed by atoms with Gasteiger partial charge in [0.15, 0.2) is 0 Å². The molecule has 4 nitrogen and oxygen atoms in total. The molecule has 3 N–H and O–H groups in total. The standard InChI is InChI=1S/C10H11N3O/c1-13-10(9(11)6-12-13)7-2-4-8(14)5-3-7/h2-6,14H,11H2,1H3. The molecule has 1 aromatic heterocycles. The Bertz CT molecular complexity index is 425. The van der Waals surface area contributed by atoms with Crippen molar-refractivity contribution in [3.05, 3.63) is 30.5 Å². The van der Waals surface area contributed by atoms with Gasteiger partial charge >= 0.3 is 0 Å². The van der Waals surface area contributed by atoms with Crippen molar-refractivity contribution in [3.63, 3.8) is 0 Å². The van der Waals surface area contributed by atoms with Crippen LogP contribution in [0.2, 0.25) is 0 Å². The third kappa shape index (κ3) is 1.31. The summed E-state index contributed by atoms with van der Waals surface area (Å²) < 4.78 is 1.71. The minimum Gasteiger partial charge on any atom is -0.508 e. The number of hydrogen-bond acceptors (Lipinski definition) is 3. The fraction of sp³-hybridized carbons (Fsp3) is 0.100. The first kappa shape index (κ1) is 8.62. The zero-order valence-electron chi connectivity index (χ0n) is 7.81. The van der Waals surface area contributed by atoms with E-state index in [0.29, 0.717) is 5.69 Å². The Morgan fingerprint density at radius 1 is 1.29 bits per heavy atom. The molecule has 0 saturated carbocycles. The zero-order chi connectivity index (χ0) is 10.1. The average molecular weight is 189 g/mol. The molecule has 0 radical (unpaired) electrons. The van der Waals surface area contributed by atoms with Gasteiger partial charge in [-0.2, -0.15) is 5.10 Å². The summed E-state index contributed by atoms with van der Waals surface area (Å²) in [5.74, 6) is 0.245. The summed E-state index contributed by atoms with van der Waals surface area (Å²) >= 11 is 0. The molecule has 0 unspecified atom stereocenters. The van der Waals surface area contributed by atoms with Crippen LogP contribution < -0.4 is 5.73 Å². The smallest absolute Gasteiger partial charge is 0.115 e. The maximum Gasteiger partial charge on any atom is 0.115 e. The van der Waals surface area contributed by atoms with Gasteiger partial charge < -0.3 is 10.8 Å². The van der Waals surface area contributed by atoms with Crippen molar-refractivity contribution < 1.29 is 5.11 Å². The Labute approximate surface area is 81.6 Å². The van der Waals surface area contributed by atoms with Gasteiger partial charge in [0, 0.05) is 12.6 Å². The normalized spacial score (nSPS) is 10.4. The van der Waals surface area contributed by atoms with Crippen molar-refractivity contribution in [2.24, 2.45) is 7.05 Å². The van der Waals surface area contributed by atoms with E-state index in [9.17, 15) is 0 Å².